The number of hydrogen-bond donors (Lipinski definition) is 2. The quantitative estimate of drug-likeness (QED) is 0.362. The lowest BCUT2D eigenvalue weighted by Gasteiger charge is -2.35. The van der Waals surface area contributed by atoms with E-state index in [4.69, 9.17) is 10.2 Å². The number of carboxylic acids is 2. The van der Waals surface area contributed by atoms with E-state index in [1.54, 1.807) is 0 Å². The van der Waals surface area contributed by atoms with Gasteiger partial charge in [0.2, 0.25) is 0 Å². The van der Waals surface area contributed by atoms with Crippen molar-refractivity contribution in [2.45, 2.75) is 48.5 Å². The Kier molecular flexibility index (Phi) is 7.61. The van der Waals surface area contributed by atoms with Gasteiger partial charge >= 0.3 is 60.4 Å². The second kappa shape index (κ2) is 8.18. The lowest BCUT2D eigenvalue weighted by atomic mass is 10.3. The van der Waals surface area contributed by atoms with Crippen LogP contribution in [0.25, 0.3) is 0 Å². The monoisotopic (exact) mass is 538 g/mol. The van der Waals surface area contributed by atoms with Gasteiger partial charge in [-0.2, -0.15) is 70.2 Å². The number of ether oxygens (including phenoxy) is 3. The third-order valence-electron chi connectivity index (χ3n) is 2.72. The molecule has 0 aromatic rings. The van der Waals surface area contributed by atoms with Gasteiger partial charge < -0.3 is 10.2 Å². The summed E-state index contributed by atoms with van der Waals surface area (Å²) in [6.45, 7) is 0. The molecule has 0 radical (unpaired) electrons. The molecule has 196 valence electrons. The van der Waals surface area contributed by atoms with Crippen molar-refractivity contribution in [2.24, 2.45) is 0 Å². The molecule has 0 aromatic heterocycles. The van der Waals surface area contributed by atoms with Crippen molar-refractivity contribution in [2.75, 3.05) is 0 Å². The predicted molar refractivity (Wildman–Crippen MR) is 58.1 cm³/mol. The molecule has 0 atom stereocenters. The molecule has 33 heavy (non-hydrogen) atoms. The summed E-state index contributed by atoms with van der Waals surface area (Å²) in [6, 6.07) is 0. The fraction of sp³-hybridized carbons (Fsp3) is 0.800. The molecule has 0 aromatic carbocycles. The summed E-state index contributed by atoms with van der Waals surface area (Å²) in [4.78, 5) is 19.7. The SMILES string of the molecule is O=C(O)C(F)(F)C(F)(F)OC(F)(F)C(F)(F)OC(F)(F)C(F)(F)OC(F)(F)C(F)(F)C(=O)O. The molecule has 0 aliphatic carbocycles. The van der Waals surface area contributed by atoms with Gasteiger partial charge in [-0.25, -0.2) is 23.8 Å². The van der Waals surface area contributed by atoms with E-state index < -0.39 is 60.4 Å². The zero-order valence-electron chi connectivity index (χ0n) is 14.0. The normalized spacial score (nSPS) is 15.5. The van der Waals surface area contributed by atoms with Gasteiger partial charge in [0.25, 0.3) is 0 Å². The van der Waals surface area contributed by atoms with Gasteiger partial charge in [0, 0.05) is 0 Å². The van der Waals surface area contributed by atoms with Gasteiger partial charge in [-0.05, 0) is 0 Å². The van der Waals surface area contributed by atoms with Crippen molar-refractivity contribution in [1.29, 1.82) is 0 Å². The molecule has 0 unspecified atom stereocenters. The molecule has 0 aliphatic heterocycles. The summed E-state index contributed by atoms with van der Waals surface area (Å²) in [5.74, 6) is -21.7. The highest BCUT2D eigenvalue weighted by Crippen LogP contribution is 2.51. The topological polar surface area (TPSA) is 102 Å². The maximum Gasteiger partial charge on any atom is 0.453 e. The molecule has 0 aliphatic rings. The average Bonchev–Trinajstić information content (AvgIpc) is 2.50. The van der Waals surface area contributed by atoms with Crippen molar-refractivity contribution >= 4 is 11.9 Å². The maximum atomic E-state index is 13.0. The van der Waals surface area contributed by atoms with Gasteiger partial charge in [0.15, 0.2) is 0 Å². The number of halogens is 16. The molecule has 0 amide bonds. The highest BCUT2D eigenvalue weighted by molar-refractivity contribution is 5.76. The van der Waals surface area contributed by atoms with Gasteiger partial charge in [0.1, 0.15) is 0 Å². The average molecular weight is 538 g/mol. The second-order valence-corrected chi connectivity index (χ2v) is 5.17. The van der Waals surface area contributed by atoms with Gasteiger partial charge in [-0.15, -0.1) is 0 Å². The van der Waals surface area contributed by atoms with Crippen molar-refractivity contribution < 1.29 is 104 Å². The molecule has 2 N–H and O–H groups in total. The summed E-state index contributed by atoms with van der Waals surface area (Å²) in [6.07, 6.45) is -45.0. The van der Waals surface area contributed by atoms with Crippen LogP contribution in [0.15, 0.2) is 0 Å². The van der Waals surface area contributed by atoms with Crippen LogP contribution < -0.4 is 0 Å². The van der Waals surface area contributed by atoms with Crippen LogP contribution in [0, 0.1) is 0 Å². The summed E-state index contributed by atoms with van der Waals surface area (Å²) >= 11 is 0. The van der Waals surface area contributed by atoms with E-state index in [1.165, 1.54) is 14.2 Å². The number of carbonyl (C=O) groups is 2. The largest absolute Gasteiger partial charge is 0.477 e. The third-order valence-corrected chi connectivity index (χ3v) is 2.72. The first-order valence-corrected chi connectivity index (χ1v) is 6.60. The Morgan fingerprint density at radius 3 is 0.697 bits per heavy atom. The Labute approximate surface area is 166 Å². The van der Waals surface area contributed by atoms with E-state index >= 15 is 0 Å². The Balaban J connectivity index is 6.01. The molecule has 7 nitrogen and oxygen atoms in total. The lowest BCUT2D eigenvalue weighted by Crippen LogP contribution is -2.61. The van der Waals surface area contributed by atoms with Crippen molar-refractivity contribution in [3.8, 4) is 0 Å². The molecule has 0 bridgehead atoms. The zero-order chi connectivity index (χ0) is 27.3. The van der Waals surface area contributed by atoms with Crippen LogP contribution in [0.1, 0.15) is 0 Å². The minimum absolute atomic E-state index is 1.32. The first-order chi connectivity index (χ1) is 14.0. The maximum absolute atomic E-state index is 13.0. The fourth-order valence-electron chi connectivity index (χ4n) is 1.10. The van der Waals surface area contributed by atoms with E-state index in [1.807, 2.05) is 0 Å². The van der Waals surface area contributed by atoms with E-state index in [0.717, 1.165) is 0 Å². The number of aliphatic carboxylic acids is 2. The smallest absolute Gasteiger partial charge is 0.453 e. The molecule has 0 saturated heterocycles. The number of alkyl halides is 16. The summed E-state index contributed by atoms with van der Waals surface area (Å²) < 4.78 is 209. The summed E-state index contributed by atoms with van der Waals surface area (Å²) in [7, 11) is 0. The molecule has 23 heteroatoms. The van der Waals surface area contributed by atoms with Crippen LogP contribution in [0.3, 0.4) is 0 Å². The molecular formula is C10H2F16O7. The fourth-order valence-corrected chi connectivity index (χ4v) is 1.10. The van der Waals surface area contributed by atoms with Crippen LogP contribution in [0.2, 0.25) is 0 Å². The Morgan fingerprint density at radius 2 is 0.545 bits per heavy atom. The number of hydrogen-bond acceptors (Lipinski definition) is 5. The molecule has 0 heterocycles. The van der Waals surface area contributed by atoms with E-state index in [-0.39, 0.29) is 0 Å². The molecular weight excluding hydrogens is 536 g/mol. The molecule has 0 saturated carbocycles. The van der Waals surface area contributed by atoms with Crippen LogP contribution in [0.4, 0.5) is 70.2 Å². The molecule has 0 fully saturated rings. The highest BCUT2D eigenvalue weighted by Gasteiger charge is 2.78. The Hall–Kier alpha value is -2.30. The van der Waals surface area contributed by atoms with E-state index in [9.17, 15) is 79.8 Å². The van der Waals surface area contributed by atoms with Crippen molar-refractivity contribution in [3.63, 3.8) is 0 Å². The van der Waals surface area contributed by atoms with Crippen LogP contribution in [-0.2, 0) is 23.8 Å². The van der Waals surface area contributed by atoms with Gasteiger partial charge in [-0.1, -0.05) is 0 Å². The minimum atomic E-state index is -7.67. The van der Waals surface area contributed by atoms with E-state index in [0.29, 0.717) is 0 Å². The predicted octanol–water partition coefficient (Wildman–Crippen LogP) is 4.03. The number of rotatable bonds is 12. The van der Waals surface area contributed by atoms with Crippen molar-refractivity contribution in [1.82, 2.24) is 0 Å². The third kappa shape index (κ3) is 5.62. The summed E-state index contributed by atoms with van der Waals surface area (Å²) in [5.41, 5.74) is 0. The van der Waals surface area contributed by atoms with E-state index in [2.05, 4.69) is 0 Å². The molecule has 0 spiro atoms. The van der Waals surface area contributed by atoms with Gasteiger partial charge in [0.05, 0.1) is 0 Å². The highest BCUT2D eigenvalue weighted by atomic mass is 19.4. The first kappa shape index (κ1) is 30.7. The Morgan fingerprint density at radius 1 is 0.394 bits per heavy atom. The standard InChI is InChI=1S/C10H2F16O7/c11-3(12,1(27)28)5(15,16)31-7(19,20)9(23,24)33-10(25,26)8(21,22)32-6(17,18)4(13,14)2(29)30/h(H,27,28)(H,29,30). The summed E-state index contributed by atoms with van der Waals surface area (Å²) in [5, 5.41) is 15.4. The van der Waals surface area contributed by atoms with Gasteiger partial charge in [-0.3, -0.25) is 0 Å². The zero-order valence-corrected chi connectivity index (χ0v) is 14.0. The van der Waals surface area contributed by atoms with Crippen LogP contribution in [0.5, 0.6) is 0 Å². The van der Waals surface area contributed by atoms with Crippen LogP contribution in [-0.4, -0.2) is 70.6 Å². The lowest BCUT2D eigenvalue weighted by molar-refractivity contribution is -0.566. The Bertz CT molecular complexity index is 701. The second-order valence-electron chi connectivity index (χ2n) is 5.17. The number of carboxylic acid groups (broad SMARTS) is 2. The molecule has 0 rings (SSSR count). The van der Waals surface area contributed by atoms with Crippen LogP contribution >= 0.6 is 0 Å². The minimum Gasteiger partial charge on any atom is -0.477 e. The van der Waals surface area contributed by atoms with Crippen molar-refractivity contribution in [3.05, 3.63) is 0 Å². The first-order valence-electron chi connectivity index (χ1n) is 6.60.